The molecule has 0 amide bonds. The molecule has 3 rings (SSSR count). The number of allylic oxidation sites excluding steroid dienone is 2. The number of piperidine rings is 1. The van der Waals surface area contributed by atoms with Gasteiger partial charge in [-0.2, -0.15) is 0 Å². The Morgan fingerprint density at radius 2 is 2.03 bits per heavy atom. The molecule has 7 heteroatoms. The summed E-state index contributed by atoms with van der Waals surface area (Å²) in [7, 11) is 1.75. The van der Waals surface area contributed by atoms with Crippen LogP contribution in [-0.4, -0.2) is 56.1 Å². The van der Waals surface area contributed by atoms with E-state index in [0.29, 0.717) is 24.1 Å². The van der Waals surface area contributed by atoms with Gasteiger partial charge < -0.3 is 25.1 Å². The van der Waals surface area contributed by atoms with Crippen LogP contribution in [0.25, 0.3) is 0 Å². The SMILES string of the molecule is CCOC(=O)c1cc(N2CCC(CCOC)CC2)c(C(=N)C(C)C)c(NC2C=C(C)C=CC2C)n1. The number of hydrogen-bond donors (Lipinski definition) is 2. The van der Waals surface area contributed by atoms with E-state index >= 15 is 0 Å². The van der Waals surface area contributed by atoms with Gasteiger partial charge in [0.15, 0.2) is 5.69 Å². The number of aromatic nitrogens is 1. The molecule has 35 heavy (non-hydrogen) atoms. The molecule has 0 radical (unpaired) electrons. The van der Waals surface area contributed by atoms with Crippen molar-refractivity contribution in [2.45, 2.75) is 59.9 Å². The van der Waals surface area contributed by atoms with Crippen molar-refractivity contribution in [3.05, 3.63) is 41.1 Å². The molecule has 2 unspecified atom stereocenters. The predicted molar refractivity (Wildman–Crippen MR) is 143 cm³/mol. The topological polar surface area (TPSA) is 87.5 Å². The molecule has 1 aliphatic carbocycles. The summed E-state index contributed by atoms with van der Waals surface area (Å²) >= 11 is 0. The molecule has 0 spiro atoms. The van der Waals surface area contributed by atoms with E-state index in [0.717, 1.165) is 50.2 Å². The van der Waals surface area contributed by atoms with Gasteiger partial charge in [0.05, 0.1) is 23.9 Å². The van der Waals surface area contributed by atoms with Crippen LogP contribution in [0, 0.1) is 23.2 Å². The van der Waals surface area contributed by atoms with Crippen molar-refractivity contribution in [3.8, 4) is 0 Å². The molecule has 0 saturated carbocycles. The monoisotopic (exact) mass is 482 g/mol. The Hall–Kier alpha value is -2.67. The molecule has 2 N–H and O–H groups in total. The number of methoxy groups -OCH3 is 1. The van der Waals surface area contributed by atoms with Crippen LogP contribution in [0.2, 0.25) is 0 Å². The van der Waals surface area contributed by atoms with Crippen molar-refractivity contribution < 1.29 is 14.3 Å². The fourth-order valence-electron chi connectivity index (χ4n) is 4.74. The predicted octanol–water partition coefficient (Wildman–Crippen LogP) is 5.47. The molecule has 1 saturated heterocycles. The average Bonchev–Trinajstić information content (AvgIpc) is 2.84. The second-order valence-electron chi connectivity index (χ2n) is 10.1. The molecule has 2 heterocycles. The quantitative estimate of drug-likeness (QED) is 0.340. The summed E-state index contributed by atoms with van der Waals surface area (Å²) in [6.07, 6.45) is 9.68. The zero-order valence-corrected chi connectivity index (χ0v) is 22.2. The van der Waals surface area contributed by atoms with E-state index in [1.807, 2.05) is 19.9 Å². The Morgan fingerprint density at radius 3 is 2.66 bits per heavy atom. The van der Waals surface area contributed by atoms with Crippen molar-refractivity contribution in [2.24, 2.45) is 17.8 Å². The van der Waals surface area contributed by atoms with Crippen molar-refractivity contribution >= 4 is 23.2 Å². The standard InChI is InChI=1S/C28H42N4O3/c1-7-35-28(33)23-17-24(32-13-10-21(11-14-32)12-15-34-6)25(26(29)18(2)3)27(31-23)30-22-16-19(4)8-9-20(22)5/h8-9,16-18,20-22,29H,7,10-15H2,1-6H3,(H,30,31). The van der Waals surface area contributed by atoms with E-state index < -0.39 is 5.97 Å². The van der Waals surface area contributed by atoms with Crippen LogP contribution in [0.3, 0.4) is 0 Å². The van der Waals surface area contributed by atoms with Gasteiger partial charge in [0, 0.05) is 32.5 Å². The van der Waals surface area contributed by atoms with Gasteiger partial charge in [0.25, 0.3) is 0 Å². The molecule has 2 atom stereocenters. The smallest absolute Gasteiger partial charge is 0.357 e. The highest BCUT2D eigenvalue weighted by atomic mass is 16.5. The molecule has 2 aliphatic rings. The Kier molecular flexibility index (Phi) is 9.49. The number of nitrogens with zero attached hydrogens (tertiary/aromatic N) is 2. The normalized spacial score (nSPS) is 20.7. The maximum Gasteiger partial charge on any atom is 0.357 e. The highest BCUT2D eigenvalue weighted by Gasteiger charge is 2.29. The van der Waals surface area contributed by atoms with Gasteiger partial charge >= 0.3 is 5.97 Å². The Balaban J connectivity index is 2.05. The number of carbonyl (C=O) groups is 1. The number of nitrogens with one attached hydrogen (secondary N) is 2. The van der Waals surface area contributed by atoms with E-state index in [1.165, 1.54) is 5.57 Å². The van der Waals surface area contributed by atoms with Gasteiger partial charge in [-0.15, -0.1) is 0 Å². The maximum atomic E-state index is 12.8. The van der Waals surface area contributed by atoms with Gasteiger partial charge in [-0.05, 0) is 56.9 Å². The number of carbonyl (C=O) groups excluding carboxylic acids is 1. The highest BCUT2D eigenvalue weighted by Crippen LogP contribution is 2.35. The van der Waals surface area contributed by atoms with Crippen LogP contribution >= 0.6 is 0 Å². The zero-order valence-electron chi connectivity index (χ0n) is 22.2. The minimum absolute atomic E-state index is 0.0183. The van der Waals surface area contributed by atoms with Gasteiger partial charge in [-0.1, -0.05) is 44.6 Å². The molecule has 0 aromatic carbocycles. The van der Waals surface area contributed by atoms with Gasteiger partial charge in [-0.25, -0.2) is 9.78 Å². The molecule has 1 aromatic rings. The lowest BCUT2D eigenvalue weighted by Gasteiger charge is -2.36. The lowest BCUT2D eigenvalue weighted by Crippen LogP contribution is -2.36. The van der Waals surface area contributed by atoms with Crippen molar-refractivity contribution in [2.75, 3.05) is 43.6 Å². The molecule has 1 aromatic heterocycles. The summed E-state index contributed by atoms with van der Waals surface area (Å²) in [5.74, 6) is 1.06. The number of rotatable bonds is 10. The number of ether oxygens (including phenoxy) is 2. The fraction of sp³-hybridized carbons (Fsp3) is 0.607. The molecule has 1 aliphatic heterocycles. The van der Waals surface area contributed by atoms with Crippen LogP contribution in [0.5, 0.6) is 0 Å². The van der Waals surface area contributed by atoms with Crippen molar-refractivity contribution in [3.63, 3.8) is 0 Å². The summed E-state index contributed by atoms with van der Waals surface area (Å²) in [6.45, 7) is 12.9. The number of anilines is 2. The first kappa shape index (κ1) is 26.9. The van der Waals surface area contributed by atoms with Crippen LogP contribution in [0.4, 0.5) is 11.5 Å². The van der Waals surface area contributed by atoms with Crippen LogP contribution in [0.15, 0.2) is 29.9 Å². The van der Waals surface area contributed by atoms with Gasteiger partial charge in [0.2, 0.25) is 0 Å². The minimum atomic E-state index is -0.433. The van der Waals surface area contributed by atoms with E-state index in [9.17, 15) is 4.79 Å². The third kappa shape index (κ3) is 6.72. The lowest BCUT2D eigenvalue weighted by molar-refractivity contribution is 0.0519. The van der Waals surface area contributed by atoms with Crippen molar-refractivity contribution in [1.29, 1.82) is 5.41 Å². The molecule has 1 fully saturated rings. The first-order valence-corrected chi connectivity index (χ1v) is 12.9. The minimum Gasteiger partial charge on any atom is -0.461 e. The highest BCUT2D eigenvalue weighted by molar-refractivity contribution is 6.09. The third-order valence-electron chi connectivity index (χ3n) is 6.99. The van der Waals surface area contributed by atoms with Crippen LogP contribution in [0.1, 0.15) is 69.9 Å². The first-order valence-electron chi connectivity index (χ1n) is 12.9. The molecule has 7 nitrogen and oxygen atoms in total. The molecule has 192 valence electrons. The van der Waals surface area contributed by atoms with Crippen LogP contribution in [-0.2, 0) is 9.47 Å². The van der Waals surface area contributed by atoms with E-state index in [1.54, 1.807) is 14.0 Å². The summed E-state index contributed by atoms with van der Waals surface area (Å²) in [4.78, 5) is 19.9. The third-order valence-corrected chi connectivity index (χ3v) is 6.99. The first-order chi connectivity index (χ1) is 16.7. The summed E-state index contributed by atoms with van der Waals surface area (Å²) in [6, 6.07) is 1.85. The van der Waals surface area contributed by atoms with E-state index in [-0.39, 0.29) is 23.6 Å². The van der Waals surface area contributed by atoms with Crippen LogP contribution < -0.4 is 10.2 Å². The van der Waals surface area contributed by atoms with Gasteiger partial charge in [0.1, 0.15) is 5.82 Å². The van der Waals surface area contributed by atoms with E-state index in [4.69, 9.17) is 19.9 Å². The zero-order chi connectivity index (χ0) is 25.5. The molecule has 0 bridgehead atoms. The Bertz CT molecular complexity index is 961. The summed E-state index contributed by atoms with van der Waals surface area (Å²) in [5, 5.41) is 12.6. The fourth-order valence-corrected chi connectivity index (χ4v) is 4.74. The average molecular weight is 483 g/mol. The number of esters is 1. The lowest BCUT2D eigenvalue weighted by atomic mass is 9.91. The van der Waals surface area contributed by atoms with E-state index in [2.05, 4.69) is 42.3 Å². The summed E-state index contributed by atoms with van der Waals surface area (Å²) in [5.41, 5.74) is 3.67. The molecular weight excluding hydrogens is 440 g/mol. The van der Waals surface area contributed by atoms with Crippen molar-refractivity contribution in [1.82, 2.24) is 4.98 Å². The number of pyridine rings is 1. The number of hydrogen-bond acceptors (Lipinski definition) is 7. The molecular formula is C28H42N4O3. The summed E-state index contributed by atoms with van der Waals surface area (Å²) < 4.78 is 10.6. The van der Waals surface area contributed by atoms with Gasteiger partial charge in [-0.3, -0.25) is 0 Å². The maximum absolute atomic E-state index is 12.8. The second kappa shape index (κ2) is 12.3. The second-order valence-corrected chi connectivity index (χ2v) is 10.1. The largest absolute Gasteiger partial charge is 0.461 e. The Morgan fingerprint density at radius 1 is 1.31 bits per heavy atom. The Labute approximate surface area is 210 Å².